The molecule has 0 unspecified atom stereocenters. The molecule has 0 aliphatic rings. The summed E-state index contributed by atoms with van der Waals surface area (Å²) in [7, 11) is -3.66. The van der Waals surface area contributed by atoms with Crippen molar-refractivity contribution in [1.29, 1.82) is 5.26 Å². The first kappa shape index (κ1) is 17.1. The zero-order valence-electron chi connectivity index (χ0n) is 12.1. The molecule has 0 atom stereocenters. The standard InChI is InChI=1S/C14H19N3O3S/c1-11(2)8-16-14(18)9-17-21(19,20)10-13-6-4-3-5-12(13)7-15/h3-6,11,17H,8-10H2,1-2H3,(H,16,18). The van der Waals surface area contributed by atoms with Gasteiger partial charge in [-0.25, -0.2) is 13.1 Å². The SMILES string of the molecule is CC(C)CNC(=O)CNS(=O)(=O)Cc1ccccc1C#N. The van der Waals surface area contributed by atoms with E-state index in [0.717, 1.165) is 0 Å². The van der Waals surface area contributed by atoms with E-state index in [-0.39, 0.29) is 18.2 Å². The third-order valence-corrected chi connectivity index (χ3v) is 3.92. The van der Waals surface area contributed by atoms with E-state index in [1.165, 1.54) is 0 Å². The van der Waals surface area contributed by atoms with Crippen LogP contribution in [0.25, 0.3) is 0 Å². The van der Waals surface area contributed by atoms with Gasteiger partial charge in [-0.3, -0.25) is 4.79 Å². The van der Waals surface area contributed by atoms with Crippen molar-refractivity contribution in [2.75, 3.05) is 13.1 Å². The van der Waals surface area contributed by atoms with Gasteiger partial charge in [0.15, 0.2) is 0 Å². The van der Waals surface area contributed by atoms with E-state index in [9.17, 15) is 13.2 Å². The monoisotopic (exact) mass is 309 g/mol. The van der Waals surface area contributed by atoms with Crippen LogP contribution in [0.15, 0.2) is 24.3 Å². The second kappa shape index (κ2) is 7.76. The molecule has 1 aromatic rings. The smallest absolute Gasteiger partial charge is 0.235 e. The van der Waals surface area contributed by atoms with Gasteiger partial charge in [0, 0.05) is 6.54 Å². The Bertz CT molecular complexity index is 633. The molecule has 0 aliphatic heterocycles. The van der Waals surface area contributed by atoms with Crippen molar-refractivity contribution >= 4 is 15.9 Å². The van der Waals surface area contributed by atoms with E-state index >= 15 is 0 Å². The number of sulfonamides is 1. The van der Waals surface area contributed by atoms with E-state index in [1.54, 1.807) is 24.3 Å². The fourth-order valence-corrected chi connectivity index (χ4v) is 2.68. The summed E-state index contributed by atoms with van der Waals surface area (Å²) in [5.74, 6) is -0.400. The number of benzene rings is 1. The van der Waals surface area contributed by atoms with Crippen molar-refractivity contribution in [1.82, 2.24) is 10.0 Å². The van der Waals surface area contributed by atoms with E-state index < -0.39 is 10.0 Å². The second-order valence-electron chi connectivity index (χ2n) is 5.05. The highest BCUT2D eigenvalue weighted by Crippen LogP contribution is 2.10. The summed E-state index contributed by atoms with van der Waals surface area (Å²) in [5.41, 5.74) is 0.724. The molecule has 114 valence electrons. The van der Waals surface area contributed by atoms with E-state index in [0.29, 0.717) is 23.6 Å². The highest BCUT2D eigenvalue weighted by molar-refractivity contribution is 7.88. The number of carbonyl (C=O) groups excluding carboxylic acids is 1. The van der Waals surface area contributed by atoms with Gasteiger partial charge in [0.2, 0.25) is 15.9 Å². The van der Waals surface area contributed by atoms with Crippen LogP contribution in [0.1, 0.15) is 25.0 Å². The van der Waals surface area contributed by atoms with Gasteiger partial charge in [-0.05, 0) is 17.5 Å². The van der Waals surface area contributed by atoms with Crippen molar-refractivity contribution in [2.24, 2.45) is 5.92 Å². The second-order valence-corrected chi connectivity index (χ2v) is 6.85. The molecule has 2 N–H and O–H groups in total. The van der Waals surface area contributed by atoms with Gasteiger partial charge >= 0.3 is 0 Å². The normalized spacial score (nSPS) is 11.1. The number of hydrogen-bond acceptors (Lipinski definition) is 4. The average molecular weight is 309 g/mol. The molecule has 0 bridgehead atoms. The minimum atomic E-state index is -3.66. The Labute approximate surface area is 125 Å². The molecule has 1 rings (SSSR count). The summed E-state index contributed by atoms with van der Waals surface area (Å²) in [6.07, 6.45) is 0. The number of rotatable bonds is 7. The zero-order chi connectivity index (χ0) is 15.9. The van der Waals surface area contributed by atoms with Crippen molar-refractivity contribution < 1.29 is 13.2 Å². The Morgan fingerprint density at radius 1 is 1.33 bits per heavy atom. The van der Waals surface area contributed by atoms with Crippen molar-refractivity contribution in [3.05, 3.63) is 35.4 Å². The van der Waals surface area contributed by atoms with Crippen LogP contribution in [0.3, 0.4) is 0 Å². The number of amides is 1. The van der Waals surface area contributed by atoms with Gasteiger partial charge in [0.1, 0.15) is 0 Å². The van der Waals surface area contributed by atoms with Crippen molar-refractivity contribution in [2.45, 2.75) is 19.6 Å². The largest absolute Gasteiger partial charge is 0.355 e. The fourth-order valence-electron chi connectivity index (χ4n) is 1.57. The maximum atomic E-state index is 11.9. The van der Waals surface area contributed by atoms with E-state index in [4.69, 9.17) is 5.26 Å². The minimum absolute atomic E-state index is 0.299. The molecule has 7 heteroatoms. The molecule has 0 heterocycles. The number of nitrogens with zero attached hydrogens (tertiary/aromatic N) is 1. The van der Waals surface area contributed by atoms with Crippen LogP contribution in [0.4, 0.5) is 0 Å². The predicted molar refractivity (Wildman–Crippen MR) is 79.6 cm³/mol. The predicted octanol–water partition coefficient (Wildman–Crippen LogP) is 0.750. The quantitative estimate of drug-likeness (QED) is 0.776. The molecule has 1 aromatic carbocycles. The van der Waals surface area contributed by atoms with Crippen LogP contribution in [-0.2, 0) is 20.6 Å². The molecule has 0 saturated carbocycles. The van der Waals surface area contributed by atoms with Crippen LogP contribution in [0, 0.1) is 17.2 Å². The van der Waals surface area contributed by atoms with Gasteiger partial charge in [-0.1, -0.05) is 32.0 Å². The molecule has 1 amide bonds. The molecule has 0 fully saturated rings. The van der Waals surface area contributed by atoms with Gasteiger partial charge in [-0.15, -0.1) is 0 Å². The topological polar surface area (TPSA) is 99.1 Å². The lowest BCUT2D eigenvalue weighted by Gasteiger charge is -2.09. The van der Waals surface area contributed by atoms with Gasteiger partial charge in [-0.2, -0.15) is 5.26 Å². The Morgan fingerprint density at radius 2 is 2.00 bits per heavy atom. The maximum absolute atomic E-state index is 11.9. The average Bonchev–Trinajstić information content (AvgIpc) is 2.43. The first-order valence-corrected chi connectivity index (χ1v) is 8.21. The highest BCUT2D eigenvalue weighted by atomic mass is 32.2. The number of carbonyl (C=O) groups is 1. The third kappa shape index (κ3) is 6.38. The summed E-state index contributed by atoms with van der Waals surface area (Å²) in [4.78, 5) is 11.5. The molecule has 0 radical (unpaired) electrons. The molecular weight excluding hydrogens is 290 g/mol. The molecule has 0 saturated heterocycles. The Balaban J connectivity index is 2.59. The van der Waals surface area contributed by atoms with Crippen LogP contribution in [0.2, 0.25) is 0 Å². The Hall–Kier alpha value is -1.91. The molecule has 6 nitrogen and oxygen atoms in total. The lowest BCUT2D eigenvalue weighted by atomic mass is 10.1. The first-order chi connectivity index (χ1) is 9.84. The van der Waals surface area contributed by atoms with Crippen LogP contribution in [-0.4, -0.2) is 27.4 Å². The molecule has 21 heavy (non-hydrogen) atoms. The van der Waals surface area contributed by atoms with Crippen LogP contribution in [0.5, 0.6) is 0 Å². The fraction of sp³-hybridized carbons (Fsp3) is 0.429. The Morgan fingerprint density at radius 3 is 2.62 bits per heavy atom. The van der Waals surface area contributed by atoms with E-state index in [2.05, 4.69) is 10.0 Å². The zero-order valence-corrected chi connectivity index (χ0v) is 12.9. The summed E-state index contributed by atoms with van der Waals surface area (Å²) < 4.78 is 26.1. The summed E-state index contributed by atoms with van der Waals surface area (Å²) in [6.45, 7) is 4.09. The van der Waals surface area contributed by atoms with Crippen LogP contribution < -0.4 is 10.0 Å². The minimum Gasteiger partial charge on any atom is -0.355 e. The summed E-state index contributed by atoms with van der Waals surface area (Å²) in [6, 6.07) is 8.42. The molecule has 0 aromatic heterocycles. The lowest BCUT2D eigenvalue weighted by molar-refractivity contribution is -0.120. The highest BCUT2D eigenvalue weighted by Gasteiger charge is 2.15. The van der Waals surface area contributed by atoms with Crippen LogP contribution >= 0.6 is 0 Å². The third-order valence-electron chi connectivity index (χ3n) is 2.64. The molecular formula is C14H19N3O3S. The number of nitriles is 1. The molecule has 0 spiro atoms. The van der Waals surface area contributed by atoms with Gasteiger partial charge in [0.05, 0.1) is 23.9 Å². The van der Waals surface area contributed by atoms with Gasteiger partial charge in [0.25, 0.3) is 0 Å². The summed E-state index contributed by atoms with van der Waals surface area (Å²) >= 11 is 0. The maximum Gasteiger partial charge on any atom is 0.235 e. The molecule has 0 aliphatic carbocycles. The van der Waals surface area contributed by atoms with Gasteiger partial charge < -0.3 is 5.32 Å². The van der Waals surface area contributed by atoms with E-state index in [1.807, 2.05) is 19.9 Å². The summed E-state index contributed by atoms with van der Waals surface area (Å²) in [5, 5.41) is 11.5. The lowest BCUT2D eigenvalue weighted by Crippen LogP contribution is -2.38. The van der Waals surface area contributed by atoms with Crippen molar-refractivity contribution in [3.63, 3.8) is 0 Å². The first-order valence-electron chi connectivity index (χ1n) is 6.56. The van der Waals surface area contributed by atoms with Crippen molar-refractivity contribution in [3.8, 4) is 6.07 Å². The number of hydrogen-bond donors (Lipinski definition) is 2. The number of nitrogens with one attached hydrogen (secondary N) is 2. The Kier molecular flexibility index (Phi) is 6.34.